The normalized spacial score (nSPS) is 12.3. The predicted octanol–water partition coefficient (Wildman–Crippen LogP) is 2.98. The molecule has 22 heavy (non-hydrogen) atoms. The summed E-state index contributed by atoms with van der Waals surface area (Å²) in [4.78, 5) is 28.7. The Morgan fingerprint density at radius 1 is 1.36 bits per heavy atom. The molecule has 0 spiro atoms. The summed E-state index contributed by atoms with van der Waals surface area (Å²) in [6.45, 7) is 3.83. The second-order valence-corrected chi connectivity index (χ2v) is 6.61. The van der Waals surface area contributed by atoms with E-state index < -0.39 is 0 Å². The highest BCUT2D eigenvalue weighted by Crippen LogP contribution is 2.10. The fraction of sp³-hybridized carbons (Fsp3) is 0.438. The van der Waals surface area contributed by atoms with Crippen molar-refractivity contribution in [1.82, 2.24) is 9.66 Å². The van der Waals surface area contributed by atoms with Gasteiger partial charge in [0.25, 0.3) is 11.5 Å². The molecular weight excluding hydrogens is 346 g/mol. The zero-order valence-corrected chi connectivity index (χ0v) is 14.4. The van der Waals surface area contributed by atoms with E-state index in [1.54, 1.807) is 19.1 Å². The molecule has 1 amide bonds. The number of benzene rings is 1. The van der Waals surface area contributed by atoms with Gasteiger partial charge in [0.2, 0.25) is 0 Å². The third-order valence-corrected chi connectivity index (χ3v) is 3.85. The number of hydrogen-bond acceptors (Lipinski definition) is 3. The molecule has 2 rings (SSSR count). The van der Waals surface area contributed by atoms with E-state index >= 15 is 0 Å². The first-order valence-corrected chi connectivity index (χ1v) is 8.41. The minimum Gasteiger partial charge on any atom is -0.272 e. The maximum absolute atomic E-state index is 12.6. The molecule has 1 aromatic carbocycles. The molecule has 1 unspecified atom stereocenters. The highest BCUT2D eigenvalue weighted by molar-refractivity contribution is 9.10. The number of nitrogens with zero attached hydrogens (tertiary/aromatic N) is 2. The van der Waals surface area contributed by atoms with Crippen molar-refractivity contribution in [2.24, 2.45) is 0 Å². The van der Waals surface area contributed by atoms with Crippen LogP contribution in [0.3, 0.4) is 0 Å². The molecule has 1 aromatic heterocycles. The van der Waals surface area contributed by atoms with Gasteiger partial charge in [0, 0.05) is 6.42 Å². The number of carbonyl (C=O) groups is 1. The molecule has 0 aliphatic rings. The lowest BCUT2D eigenvalue weighted by molar-refractivity contribution is -0.116. The van der Waals surface area contributed by atoms with Gasteiger partial charge in [0.15, 0.2) is 0 Å². The number of para-hydroxylation sites is 1. The fourth-order valence-corrected chi connectivity index (χ4v) is 2.30. The Hall–Kier alpha value is -1.69. The van der Waals surface area contributed by atoms with E-state index in [9.17, 15) is 9.59 Å². The molecule has 0 bridgehead atoms. The number of unbranched alkanes of at least 4 members (excludes halogenated alkanes) is 2. The first kappa shape index (κ1) is 16.7. The van der Waals surface area contributed by atoms with Gasteiger partial charge in [-0.3, -0.25) is 15.0 Å². The van der Waals surface area contributed by atoms with Crippen molar-refractivity contribution in [2.75, 3.05) is 5.43 Å². The molecule has 0 aliphatic heterocycles. The summed E-state index contributed by atoms with van der Waals surface area (Å²) in [6, 6.07) is 7.19. The van der Waals surface area contributed by atoms with Crippen LogP contribution in [0.15, 0.2) is 29.1 Å². The SMILES string of the molecule is CCCCCc1nc2ccccc2c(=O)n1NC(=O)C(C)Br. The molecule has 6 heteroatoms. The molecule has 0 saturated carbocycles. The third-order valence-electron chi connectivity index (χ3n) is 3.43. The second-order valence-electron chi connectivity index (χ2n) is 5.23. The minimum absolute atomic E-state index is 0.237. The van der Waals surface area contributed by atoms with Crippen molar-refractivity contribution in [1.29, 1.82) is 0 Å². The Morgan fingerprint density at radius 2 is 2.09 bits per heavy atom. The summed E-state index contributed by atoms with van der Waals surface area (Å²) >= 11 is 3.21. The summed E-state index contributed by atoms with van der Waals surface area (Å²) in [6.07, 6.45) is 3.74. The van der Waals surface area contributed by atoms with Crippen molar-refractivity contribution in [3.05, 3.63) is 40.4 Å². The number of aryl methyl sites for hydroxylation is 1. The highest BCUT2D eigenvalue weighted by Gasteiger charge is 2.15. The van der Waals surface area contributed by atoms with Crippen LogP contribution >= 0.6 is 15.9 Å². The van der Waals surface area contributed by atoms with Gasteiger partial charge in [-0.25, -0.2) is 9.66 Å². The Morgan fingerprint density at radius 3 is 2.77 bits per heavy atom. The molecule has 1 atom stereocenters. The van der Waals surface area contributed by atoms with Gasteiger partial charge < -0.3 is 0 Å². The summed E-state index contributed by atoms with van der Waals surface area (Å²) in [5.41, 5.74) is 3.08. The standard InChI is InChI=1S/C16H20BrN3O2/c1-3-4-5-10-14-18-13-9-7-6-8-12(13)16(22)20(14)19-15(21)11(2)17/h6-9,11H,3-5,10H2,1-2H3,(H,19,21). The molecule has 0 saturated heterocycles. The predicted molar refractivity (Wildman–Crippen MR) is 92.0 cm³/mol. The fourth-order valence-electron chi connectivity index (χ4n) is 2.19. The number of nitrogens with one attached hydrogen (secondary N) is 1. The van der Waals surface area contributed by atoms with Crippen LogP contribution < -0.4 is 11.0 Å². The third kappa shape index (κ3) is 3.74. The van der Waals surface area contributed by atoms with Crippen LogP contribution in [0.25, 0.3) is 10.9 Å². The number of amides is 1. The van der Waals surface area contributed by atoms with Gasteiger partial charge in [-0.05, 0) is 25.5 Å². The minimum atomic E-state index is -0.380. The van der Waals surface area contributed by atoms with Crippen LogP contribution in [0.2, 0.25) is 0 Å². The molecule has 0 radical (unpaired) electrons. The summed E-state index contributed by atoms with van der Waals surface area (Å²) in [7, 11) is 0. The van der Waals surface area contributed by atoms with Crippen molar-refractivity contribution >= 4 is 32.7 Å². The number of alkyl halides is 1. The summed E-state index contributed by atoms with van der Waals surface area (Å²) in [5.74, 6) is 0.328. The molecule has 118 valence electrons. The van der Waals surface area contributed by atoms with Gasteiger partial charge in [-0.15, -0.1) is 0 Å². The van der Waals surface area contributed by atoms with E-state index in [1.807, 2.05) is 12.1 Å². The molecular formula is C16H20BrN3O2. The Bertz CT molecular complexity index is 725. The number of hydrogen-bond donors (Lipinski definition) is 1. The Balaban J connectivity index is 2.48. The van der Waals surface area contributed by atoms with Crippen molar-refractivity contribution in [3.8, 4) is 0 Å². The number of fused-ring (bicyclic) bond motifs is 1. The lowest BCUT2D eigenvalue weighted by atomic mass is 10.2. The lowest BCUT2D eigenvalue weighted by Crippen LogP contribution is -2.38. The Labute approximate surface area is 137 Å². The van der Waals surface area contributed by atoms with E-state index in [1.165, 1.54) is 4.68 Å². The summed E-state index contributed by atoms with van der Waals surface area (Å²) < 4.78 is 1.29. The smallest absolute Gasteiger partial charge is 0.272 e. The largest absolute Gasteiger partial charge is 0.280 e. The Kier molecular flexibility index (Phi) is 5.71. The average Bonchev–Trinajstić information content (AvgIpc) is 2.51. The van der Waals surface area contributed by atoms with Crippen LogP contribution in [-0.4, -0.2) is 20.4 Å². The number of halogens is 1. The number of aromatic nitrogens is 2. The molecule has 0 fully saturated rings. The number of carbonyl (C=O) groups excluding carboxylic acids is 1. The van der Waals surface area contributed by atoms with Crippen LogP contribution in [0.4, 0.5) is 0 Å². The molecule has 5 nitrogen and oxygen atoms in total. The van der Waals surface area contributed by atoms with Gasteiger partial charge in [-0.1, -0.05) is 47.8 Å². The van der Waals surface area contributed by atoms with Gasteiger partial charge in [0.05, 0.1) is 15.7 Å². The molecule has 1 N–H and O–H groups in total. The van der Waals surface area contributed by atoms with Crippen LogP contribution in [0.5, 0.6) is 0 Å². The van der Waals surface area contributed by atoms with Gasteiger partial charge in [-0.2, -0.15) is 0 Å². The first-order chi connectivity index (χ1) is 10.5. The first-order valence-electron chi connectivity index (χ1n) is 7.50. The quantitative estimate of drug-likeness (QED) is 0.632. The topological polar surface area (TPSA) is 64.0 Å². The van der Waals surface area contributed by atoms with Gasteiger partial charge >= 0.3 is 0 Å². The molecule has 2 aromatic rings. The zero-order valence-electron chi connectivity index (χ0n) is 12.8. The van der Waals surface area contributed by atoms with E-state index in [2.05, 4.69) is 33.3 Å². The van der Waals surface area contributed by atoms with E-state index in [-0.39, 0.29) is 16.3 Å². The lowest BCUT2D eigenvalue weighted by Gasteiger charge is -2.15. The van der Waals surface area contributed by atoms with Crippen LogP contribution in [-0.2, 0) is 11.2 Å². The average molecular weight is 366 g/mol. The van der Waals surface area contributed by atoms with E-state index in [4.69, 9.17) is 0 Å². The summed E-state index contributed by atoms with van der Waals surface area (Å²) in [5, 5.41) is 0.504. The maximum atomic E-state index is 12.6. The van der Waals surface area contributed by atoms with Gasteiger partial charge in [0.1, 0.15) is 5.82 Å². The van der Waals surface area contributed by atoms with Crippen molar-refractivity contribution < 1.29 is 4.79 Å². The van der Waals surface area contributed by atoms with Crippen LogP contribution in [0.1, 0.15) is 38.9 Å². The number of rotatable bonds is 6. The monoisotopic (exact) mass is 365 g/mol. The highest BCUT2D eigenvalue weighted by atomic mass is 79.9. The zero-order chi connectivity index (χ0) is 16.1. The molecule has 1 heterocycles. The second kappa shape index (κ2) is 7.54. The van der Waals surface area contributed by atoms with E-state index in [0.29, 0.717) is 23.1 Å². The van der Waals surface area contributed by atoms with Crippen molar-refractivity contribution in [3.63, 3.8) is 0 Å². The van der Waals surface area contributed by atoms with Crippen molar-refractivity contribution in [2.45, 2.75) is 44.4 Å². The maximum Gasteiger partial charge on any atom is 0.280 e. The molecule has 0 aliphatic carbocycles. The van der Waals surface area contributed by atoms with E-state index in [0.717, 1.165) is 19.3 Å². The van der Waals surface area contributed by atoms with Crippen LogP contribution in [0, 0.1) is 0 Å².